The molecule has 7 heteroatoms. The second kappa shape index (κ2) is 11.3. The van der Waals surface area contributed by atoms with Gasteiger partial charge in [0.15, 0.2) is 0 Å². The molecule has 2 N–H and O–H groups in total. The molecule has 0 spiro atoms. The summed E-state index contributed by atoms with van der Waals surface area (Å²) in [4.78, 5) is 39.9. The van der Waals surface area contributed by atoms with Crippen molar-refractivity contribution in [3.63, 3.8) is 0 Å². The van der Waals surface area contributed by atoms with Gasteiger partial charge in [-0.2, -0.15) is 0 Å². The van der Waals surface area contributed by atoms with Crippen LogP contribution in [0.1, 0.15) is 84.2 Å². The van der Waals surface area contributed by atoms with Crippen LogP contribution in [-0.4, -0.2) is 35.5 Å². The van der Waals surface area contributed by atoms with Crippen LogP contribution in [0.5, 0.6) is 0 Å². The summed E-state index contributed by atoms with van der Waals surface area (Å²) in [5, 5.41) is 5.94. The summed E-state index contributed by atoms with van der Waals surface area (Å²) in [6, 6.07) is 6.44. The molecular weight excluding hydrogens is 418 g/mol. The van der Waals surface area contributed by atoms with Gasteiger partial charge in [-0.25, -0.2) is 9.59 Å². The molecule has 0 aromatic heterocycles. The van der Waals surface area contributed by atoms with E-state index in [1.165, 1.54) is 25.7 Å². The number of amides is 3. The third-order valence-corrected chi connectivity index (χ3v) is 6.36. The molecule has 1 aromatic rings. The van der Waals surface area contributed by atoms with Gasteiger partial charge in [0.2, 0.25) is 5.91 Å². The Morgan fingerprint density at radius 3 is 2.64 bits per heavy atom. The number of hydrogen-bond acceptors (Lipinski definition) is 4. The van der Waals surface area contributed by atoms with E-state index in [9.17, 15) is 14.4 Å². The second-order valence-electron chi connectivity index (χ2n) is 9.35. The molecule has 1 fully saturated rings. The predicted molar refractivity (Wildman–Crippen MR) is 128 cm³/mol. The topological polar surface area (TPSA) is 87.7 Å². The van der Waals surface area contributed by atoms with Crippen molar-refractivity contribution in [1.29, 1.82) is 0 Å². The standard InChI is InChI=1S/C26H37N3O4/c1-5-15-29-18(4)23(25(31)33-17(2)3)24(28-26(29)32)20-11-8-12-21(16-20)27-22(30)14-13-19-9-6-7-10-19/h8,11-12,16-17,19,24H,5-7,9-10,13-15H2,1-4H3,(H,27,30)(H,28,32). The lowest BCUT2D eigenvalue weighted by Gasteiger charge is -2.35. The number of benzene rings is 1. The van der Waals surface area contributed by atoms with Gasteiger partial charge in [0.05, 0.1) is 17.7 Å². The molecule has 33 heavy (non-hydrogen) atoms. The van der Waals surface area contributed by atoms with Crippen molar-refractivity contribution in [1.82, 2.24) is 10.2 Å². The minimum atomic E-state index is -0.646. The first-order valence-electron chi connectivity index (χ1n) is 12.2. The van der Waals surface area contributed by atoms with Gasteiger partial charge in [-0.1, -0.05) is 44.7 Å². The summed E-state index contributed by atoms with van der Waals surface area (Å²) < 4.78 is 5.50. The van der Waals surface area contributed by atoms with Crippen LogP contribution in [0.2, 0.25) is 0 Å². The monoisotopic (exact) mass is 455 g/mol. The number of carbonyl (C=O) groups is 3. The molecule has 1 aliphatic heterocycles. The van der Waals surface area contributed by atoms with Gasteiger partial charge in [-0.15, -0.1) is 0 Å². The number of nitrogens with zero attached hydrogens (tertiary/aromatic N) is 1. The summed E-state index contributed by atoms with van der Waals surface area (Å²) >= 11 is 0. The summed E-state index contributed by atoms with van der Waals surface area (Å²) in [5.74, 6) is 0.208. The van der Waals surface area contributed by atoms with E-state index >= 15 is 0 Å². The molecule has 3 amide bonds. The molecule has 1 saturated carbocycles. The highest BCUT2D eigenvalue weighted by Gasteiger charge is 2.36. The molecule has 1 aliphatic carbocycles. The summed E-state index contributed by atoms with van der Waals surface area (Å²) in [7, 11) is 0. The summed E-state index contributed by atoms with van der Waals surface area (Å²) in [6.45, 7) is 7.88. The third-order valence-electron chi connectivity index (χ3n) is 6.36. The van der Waals surface area contributed by atoms with Gasteiger partial charge in [0.25, 0.3) is 0 Å². The fourth-order valence-electron chi connectivity index (χ4n) is 4.72. The maximum atomic E-state index is 13.0. The van der Waals surface area contributed by atoms with Crippen LogP contribution < -0.4 is 10.6 Å². The lowest BCUT2D eigenvalue weighted by molar-refractivity contribution is -0.143. The maximum absolute atomic E-state index is 13.0. The van der Waals surface area contributed by atoms with Gasteiger partial charge in [0, 0.05) is 24.4 Å². The number of carbonyl (C=O) groups excluding carboxylic acids is 3. The molecule has 7 nitrogen and oxygen atoms in total. The third kappa shape index (κ3) is 6.36. The highest BCUT2D eigenvalue weighted by molar-refractivity contribution is 5.95. The average molecular weight is 456 g/mol. The molecule has 1 atom stereocenters. The Bertz CT molecular complexity index is 903. The summed E-state index contributed by atoms with van der Waals surface area (Å²) in [5.41, 5.74) is 2.40. The Labute approximate surface area is 196 Å². The molecule has 0 bridgehead atoms. The maximum Gasteiger partial charge on any atom is 0.338 e. The van der Waals surface area contributed by atoms with Gasteiger partial charge in [-0.3, -0.25) is 9.69 Å². The number of nitrogens with one attached hydrogen (secondary N) is 2. The quantitative estimate of drug-likeness (QED) is 0.495. The number of ether oxygens (including phenoxy) is 1. The van der Waals surface area contributed by atoms with E-state index in [2.05, 4.69) is 10.6 Å². The molecule has 0 saturated heterocycles. The molecular formula is C26H37N3O4. The number of rotatable bonds is 9. The molecule has 1 unspecified atom stereocenters. The van der Waals surface area contributed by atoms with Crippen molar-refractivity contribution in [3.8, 4) is 0 Å². The Hall–Kier alpha value is -2.83. The van der Waals surface area contributed by atoms with E-state index in [1.807, 2.05) is 31.2 Å². The van der Waals surface area contributed by atoms with Gasteiger partial charge >= 0.3 is 12.0 Å². The Morgan fingerprint density at radius 2 is 1.97 bits per heavy atom. The van der Waals surface area contributed by atoms with Gasteiger partial charge < -0.3 is 15.4 Å². The lowest BCUT2D eigenvalue weighted by atomic mass is 9.94. The van der Waals surface area contributed by atoms with E-state index in [0.29, 0.717) is 35.8 Å². The summed E-state index contributed by atoms with van der Waals surface area (Å²) in [6.07, 6.45) is 6.90. The van der Waals surface area contributed by atoms with Crippen molar-refractivity contribution < 1.29 is 19.1 Å². The van der Waals surface area contributed by atoms with Crippen LogP contribution in [0.3, 0.4) is 0 Å². The number of anilines is 1. The van der Waals surface area contributed by atoms with Crippen LogP contribution >= 0.6 is 0 Å². The van der Waals surface area contributed by atoms with Crippen LogP contribution in [0.15, 0.2) is 35.5 Å². The van der Waals surface area contributed by atoms with E-state index in [0.717, 1.165) is 18.4 Å². The Morgan fingerprint density at radius 1 is 1.24 bits per heavy atom. The first kappa shape index (κ1) is 24.8. The zero-order valence-corrected chi connectivity index (χ0v) is 20.3. The SMILES string of the molecule is CCCN1C(=O)NC(c2cccc(NC(=O)CCC3CCCC3)c2)C(C(=O)OC(C)C)=C1C. The highest BCUT2D eigenvalue weighted by atomic mass is 16.5. The van der Waals surface area contributed by atoms with Gasteiger partial charge in [0.1, 0.15) is 0 Å². The van der Waals surface area contributed by atoms with Crippen molar-refractivity contribution >= 4 is 23.6 Å². The van der Waals surface area contributed by atoms with Crippen LogP contribution in [0.4, 0.5) is 10.5 Å². The fraction of sp³-hybridized carbons (Fsp3) is 0.577. The smallest absolute Gasteiger partial charge is 0.338 e. The molecule has 2 aliphatic rings. The zero-order valence-electron chi connectivity index (χ0n) is 20.3. The van der Waals surface area contributed by atoms with Crippen LogP contribution in [-0.2, 0) is 14.3 Å². The Balaban J connectivity index is 1.81. The number of urea groups is 1. The zero-order chi connectivity index (χ0) is 24.0. The van der Waals surface area contributed by atoms with E-state index in [-0.39, 0.29) is 18.0 Å². The minimum Gasteiger partial charge on any atom is -0.459 e. The highest BCUT2D eigenvalue weighted by Crippen LogP contribution is 2.33. The van der Waals surface area contributed by atoms with Crippen molar-refractivity contribution in [2.75, 3.05) is 11.9 Å². The first-order chi connectivity index (χ1) is 15.8. The second-order valence-corrected chi connectivity index (χ2v) is 9.35. The molecule has 1 aromatic carbocycles. The first-order valence-corrected chi connectivity index (χ1v) is 12.2. The number of hydrogen-bond donors (Lipinski definition) is 2. The van der Waals surface area contributed by atoms with E-state index in [1.54, 1.807) is 25.7 Å². The van der Waals surface area contributed by atoms with Crippen LogP contribution in [0, 0.1) is 5.92 Å². The van der Waals surface area contributed by atoms with Crippen molar-refractivity contribution in [2.45, 2.75) is 84.8 Å². The van der Waals surface area contributed by atoms with E-state index < -0.39 is 12.0 Å². The largest absolute Gasteiger partial charge is 0.459 e. The van der Waals surface area contributed by atoms with Crippen LogP contribution in [0.25, 0.3) is 0 Å². The fourth-order valence-corrected chi connectivity index (χ4v) is 4.72. The molecule has 180 valence electrons. The average Bonchev–Trinajstić information content (AvgIpc) is 3.28. The number of esters is 1. The van der Waals surface area contributed by atoms with Crippen molar-refractivity contribution in [3.05, 3.63) is 41.1 Å². The van der Waals surface area contributed by atoms with Crippen molar-refractivity contribution in [2.24, 2.45) is 5.92 Å². The normalized spacial score (nSPS) is 19.1. The molecule has 3 rings (SSSR count). The Kier molecular flexibility index (Phi) is 8.53. The van der Waals surface area contributed by atoms with E-state index in [4.69, 9.17) is 4.74 Å². The minimum absolute atomic E-state index is 0.00739. The number of allylic oxidation sites excluding steroid dienone is 1. The molecule has 0 radical (unpaired) electrons. The van der Waals surface area contributed by atoms with Gasteiger partial charge in [-0.05, 0) is 57.2 Å². The lowest BCUT2D eigenvalue weighted by Crippen LogP contribution is -2.48. The predicted octanol–water partition coefficient (Wildman–Crippen LogP) is 5.30. The molecule has 1 heterocycles.